The summed E-state index contributed by atoms with van der Waals surface area (Å²) < 4.78 is 46.7. The molecular formula is C39H37ClF3N3O5. The predicted octanol–water partition coefficient (Wildman–Crippen LogP) is 8.92. The highest BCUT2D eigenvalue weighted by Crippen LogP contribution is 2.49. The van der Waals surface area contributed by atoms with E-state index in [0.29, 0.717) is 47.5 Å². The highest BCUT2D eigenvalue weighted by molar-refractivity contribution is 6.31. The average molecular weight is 720 g/mol. The third-order valence-corrected chi connectivity index (χ3v) is 9.43. The number of rotatable bonds is 8. The van der Waals surface area contributed by atoms with Crippen LogP contribution in [0.5, 0.6) is 5.75 Å². The number of benzene rings is 3. The highest BCUT2D eigenvalue weighted by atomic mass is 35.5. The Morgan fingerprint density at radius 3 is 2.49 bits per heavy atom. The van der Waals surface area contributed by atoms with Gasteiger partial charge in [0.15, 0.2) is 5.78 Å². The van der Waals surface area contributed by atoms with Crippen LogP contribution in [0.25, 0.3) is 0 Å². The molecule has 3 aromatic rings. The normalized spacial score (nSPS) is 18.6. The summed E-state index contributed by atoms with van der Waals surface area (Å²) in [5, 5.41) is 16.9. The molecule has 0 saturated heterocycles. The number of nitrogens with zero attached hydrogens (tertiary/aromatic N) is 1. The zero-order valence-corrected chi connectivity index (χ0v) is 28.8. The summed E-state index contributed by atoms with van der Waals surface area (Å²) in [6, 6.07) is 18.1. The van der Waals surface area contributed by atoms with Crippen molar-refractivity contribution in [2.75, 3.05) is 5.32 Å². The van der Waals surface area contributed by atoms with Gasteiger partial charge in [-0.1, -0.05) is 80.1 Å². The molecule has 1 heterocycles. The molecule has 1 unspecified atom stereocenters. The monoisotopic (exact) mass is 719 g/mol. The van der Waals surface area contributed by atoms with Gasteiger partial charge in [-0.2, -0.15) is 13.2 Å². The topological polar surface area (TPSA) is 108 Å². The Hall–Kier alpha value is -5.03. The van der Waals surface area contributed by atoms with E-state index in [9.17, 15) is 32.7 Å². The van der Waals surface area contributed by atoms with Crippen LogP contribution in [-0.4, -0.2) is 27.6 Å². The second kappa shape index (κ2) is 14.3. The minimum Gasteiger partial charge on any atom is -0.510 e. The third-order valence-electron chi connectivity index (χ3n) is 9.11. The van der Waals surface area contributed by atoms with Crippen molar-refractivity contribution in [3.05, 3.63) is 129 Å². The summed E-state index contributed by atoms with van der Waals surface area (Å²) in [6.07, 6.45) is -2.47. The van der Waals surface area contributed by atoms with Gasteiger partial charge in [-0.05, 0) is 53.6 Å². The predicted molar refractivity (Wildman–Crippen MR) is 186 cm³/mol. The van der Waals surface area contributed by atoms with Crippen LogP contribution >= 0.6 is 11.6 Å². The van der Waals surface area contributed by atoms with Crippen LogP contribution in [0.1, 0.15) is 75.1 Å². The van der Waals surface area contributed by atoms with Crippen molar-refractivity contribution in [2.45, 2.75) is 71.2 Å². The number of fused-ring (bicyclic) bond motifs is 1. The standard InChI is InChI=1S/C39H37ClF3N3O5/c1-38(2)20-29-35(32(48)21-38)37(25-16-15-24(19-27(25)40)51-22-23-9-4-3-5-10-23)46(30-13-8-14-31(47)36(30)45-29)34(50)18-17-33(49)44-28-12-7-6-11-26(28)39(41,42)43/h3-7,9-13,15-16,19,37,45,47H,8,14,17-18,20-22H2,1-2H3,(H,44,49). The lowest BCUT2D eigenvalue weighted by Gasteiger charge is -2.37. The van der Waals surface area contributed by atoms with Gasteiger partial charge in [-0.25, -0.2) is 0 Å². The maximum absolute atomic E-state index is 14.4. The van der Waals surface area contributed by atoms with Gasteiger partial charge < -0.3 is 20.5 Å². The highest BCUT2D eigenvalue weighted by Gasteiger charge is 2.45. The van der Waals surface area contributed by atoms with E-state index in [1.54, 1.807) is 24.3 Å². The molecule has 3 aromatic carbocycles. The number of anilines is 1. The van der Waals surface area contributed by atoms with E-state index in [1.165, 1.54) is 17.0 Å². The Kier molecular flexibility index (Phi) is 10.0. The molecule has 0 spiro atoms. The number of ether oxygens (including phenoxy) is 1. The molecule has 0 fully saturated rings. The molecule has 2 amide bonds. The molecule has 2 aliphatic carbocycles. The van der Waals surface area contributed by atoms with E-state index < -0.39 is 53.5 Å². The summed E-state index contributed by atoms with van der Waals surface area (Å²) in [5.74, 6) is -1.13. The Morgan fingerprint density at radius 1 is 1.04 bits per heavy atom. The number of hydrogen-bond donors (Lipinski definition) is 3. The number of nitrogens with one attached hydrogen (secondary N) is 2. The lowest BCUT2D eigenvalue weighted by molar-refractivity contribution is -0.137. The summed E-state index contributed by atoms with van der Waals surface area (Å²) in [4.78, 5) is 42.9. The maximum Gasteiger partial charge on any atom is 0.418 e. The van der Waals surface area contributed by atoms with Gasteiger partial charge >= 0.3 is 6.18 Å². The summed E-state index contributed by atoms with van der Waals surface area (Å²) in [7, 11) is 0. The Labute approximate surface area is 298 Å². The van der Waals surface area contributed by atoms with Crippen LogP contribution in [0.2, 0.25) is 5.02 Å². The Bertz CT molecular complexity index is 1970. The molecule has 266 valence electrons. The van der Waals surface area contributed by atoms with Gasteiger partial charge in [0.2, 0.25) is 11.8 Å². The number of ketones is 1. The van der Waals surface area contributed by atoms with Crippen molar-refractivity contribution in [1.29, 1.82) is 0 Å². The molecule has 0 aromatic heterocycles. The van der Waals surface area contributed by atoms with Crippen LogP contribution in [0.15, 0.2) is 107 Å². The van der Waals surface area contributed by atoms with E-state index in [2.05, 4.69) is 10.6 Å². The quantitative estimate of drug-likeness (QED) is 0.215. The smallest absolute Gasteiger partial charge is 0.418 e. The molecule has 0 bridgehead atoms. The van der Waals surface area contributed by atoms with Crippen LogP contribution in [0.3, 0.4) is 0 Å². The molecule has 0 saturated carbocycles. The van der Waals surface area contributed by atoms with Crippen molar-refractivity contribution >= 4 is 34.9 Å². The first-order valence-electron chi connectivity index (χ1n) is 16.6. The molecule has 6 rings (SSSR count). The summed E-state index contributed by atoms with van der Waals surface area (Å²) in [5.41, 5.74) is 0.967. The molecule has 12 heteroatoms. The van der Waals surface area contributed by atoms with Gasteiger partial charge in [0.25, 0.3) is 0 Å². The number of aliphatic hydroxyl groups is 1. The number of carbonyl (C=O) groups is 3. The number of aliphatic hydroxyl groups excluding tert-OH is 1. The zero-order chi connectivity index (χ0) is 36.5. The lowest BCUT2D eigenvalue weighted by atomic mass is 9.73. The van der Waals surface area contributed by atoms with Crippen molar-refractivity contribution in [3.63, 3.8) is 0 Å². The van der Waals surface area contributed by atoms with Crippen LogP contribution in [-0.2, 0) is 27.2 Å². The largest absolute Gasteiger partial charge is 0.510 e. The fourth-order valence-corrected chi connectivity index (χ4v) is 7.06. The van der Waals surface area contributed by atoms with E-state index >= 15 is 0 Å². The average Bonchev–Trinajstić information content (AvgIpc) is 3.21. The number of hydrogen-bond acceptors (Lipinski definition) is 6. The molecule has 8 nitrogen and oxygen atoms in total. The number of Topliss-reactive ketones (excluding diaryl/α,β-unsaturated/α-hetero) is 1. The first-order chi connectivity index (χ1) is 24.2. The second-order valence-electron chi connectivity index (χ2n) is 13.6. The van der Waals surface area contributed by atoms with E-state index in [4.69, 9.17) is 16.3 Å². The molecule has 0 radical (unpaired) electrons. The number of amides is 2. The van der Waals surface area contributed by atoms with Crippen molar-refractivity contribution in [2.24, 2.45) is 5.41 Å². The molecule has 3 N–H and O–H groups in total. The minimum absolute atomic E-state index is 0.00545. The van der Waals surface area contributed by atoms with Crippen LogP contribution in [0.4, 0.5) is 18.9 Å². The van der Waals surface area contributed by atoms with Crippen LogP contribution < -0.4 is 15.4 Å². The van der Waals surface area contributed by atoms with E-state index in [1.807, 2.05) is 44.2 Å². The van der Waals surface area contributed by atoms with Crippen LogP contribution in [0, 0.1) is 5.41 Å². The number of para-hydroxylation sites is 1. The third kappa shape index (κ3) is 7.83. The Morgan fingerprint density at radius 2 is 1.76 bits per heavy atom. The molecule has 1 aliphatic heterocycles. The zero-order valence-electron chi connectivity index (χ0n) is 28.1. The van der Waals surface area contributed by atoms with Gasteiger partial charge in [0, 0.05) is 42.0 Å². The van der Waals surface area contributed by atoms with E-state index in [-0.39, 0.29) is 35.3 Å². The molecule has 1 atom stereocenters. The van der Waals surface area contributed by atoms with Crippen molar-refractivity contribution in [3.8, 4) is 5.75 Å². The fourth-order valence-electron chi connectivity index (χ4n) is 6.78. The first-order valence-corrected chi connectivity index (χ1v) is 17.0. The minimum atomic E-state index is -4.70. The van der Waals surface area contributed by atoms with Crippen molar-refractivity contribution in [1.82, 2.24) is 10.2 Å². The SMILES string of the molecule is CC1(C)CC(=O)C2=C(C1)NC1=C(O)CCC=C1N(C(=O)CCC(=O)Nc1ccccc1C(F)(F)F)C2c1ccc(OCc2ccccc2)cc1Cl. The number of halogens is 4. The molecular weight excluding hydrogens is 683 g/mol. The van der Waals surface area contributed by atoms with Gasteiger partial charge in [0.1, 0.15) is 23.8 Å². The van der Waals surface area contributed by atoms with Gasteiger partial charge in [-0.3, -0.25) is 19.3 Å². The Balaban J connectivity index is 1.37. The summed E-state index contributed by atoms with van der Waals surface area (Å²) >= 11 is 6.97. The maximum atomic E-state index is 14.4. The fraction of sp³-hybridized carbons (Fsp3) is 0.308. The molecule has 3 aliphatic rings. The number of carbonyl (C=O) groups excluding carboxylic acids is 3. The van der Waals surface area contributed by atoms with Gasteiger partial charge in [-0.15, -0.1) is 0 Å². The second-order valence-corrected chi connectivity index (χ2v) is 14.0. The molecule has 51 heavy (non-hydrogen) atoms. The summed E-state index contributed by atoms with van der Waals surface area (Å²) in [6.45, 7) is 4.21. The lowest BCUT2D eigenvalue weighted by Crippen LogP contribution is -2.39. The number of alkyl halides is 3. The number of allylic oxidation sites excluding steroid dienone is 3. The van der Waals surface area contributed by atoms with Crippen molar-refractivity contribution < 1.29 is 37.4 Å². The van der Waals surface area contributed by atoms with E-state index in [0.717, 1.165) is 17.7 Å². The van der Waals surface area contributed by atoms with Gasteiger partial charge in [0.05, 0.1) is 23.0 Å². The first kappa shape index (κ1) is 35.8.